The average molecular weight is 263 g/mol. The summed E-state index contributed by atoms with van der Waals surface area (Å²) in [7, 11) is 1.69. The minimum absolute atomic E-state index is 0.171. The first-order valence-corrected chi connectivity index (χ1v) is 6.83. The van der Waals surface area contributed by atoms with Gasteiger partial charge in [-0.15, -0.1) is 11.3 Å². The van der Waals surface area contributed by atoms with Crippen LogP contribution in [0.15, 0.2) is 24.4 Å². The van der Waals surface area contributed by atoms with E-state index in [-0.39, 0.29) is 6.61 Å². The number of nitrogens with zero attached hydrogens (tertiary/aromatic N) is 1. The zero-order valence-electron chi connectivity index (χ0n) is 10.6. The molecule has 1 aromatic carbocycles. The molecule has 0 fully saturated rings. The van der Waals surface area contributed by atoms with Crippen molar-refractivity contribution >= 4 is 11.3 Å². The van der Waals surface area contributed by atoms with Gasteiger partial charge in [0.15, 0.2) is 0 Å². The molecule has 0 aliphatic rings. The molecule has 1 aromatic heterocycles. The zero-order valence-corrected chi connectivity index (χ0v) is 11.5. The Hall–Kier alpha value is -1.39. The van der Waals surface area contributed by atoms with Crippen LogP contribution in [-0.2, 0) is 12.8 Å². The first-order chi connectivity index (χ1) is 8.78. The lowest BCUT2D eigenvalue weighted by molar-refractivity contribution is 0.300. The third-order valence-electron chi connectivity index (χ3n) is 2.82. The van der Waals surface area contributed by atoms with E-state index in [4.69, 9.17) is 9.84 Å². The summed E-state index contributed by atoms with van der Waals surface area (Å²) in [6.07, 6.45) is 3.45. The van der Waals surface area contributed by atoms with Crippen LogP contribution in [0.4, 0.5) is 0 Å². The molecule has 0 atom stereocenters. The van der Waals surface area contributed by atoms with E-state index in [1.807, 2.05) is 18.3 Å². The predicted octanol–water partition coefficient (Wildman–Crippen LogP) is 2.92. The van der Waals surface area contributed by atoms with Crippen LogP contribution in [0.3, 0.4) is 0 Å². The summed E-state index contributed by atoms with van der Waals surface area (Å²) in [6, 6.07) is 6.14. The molecule has 0 amide bonds. The third kappa shape index (κ3) is 2.71. The van der Waals surface area contributed by atoms with Crippen molar-refractivity contribution in [3.63, 3.8) is 0 Å². The molecule has 2 aromatic rings. The highest BCUT2D eigenvalue weighted by Gasteiger charge is 2.08. The first-order valence-electron chi connectivity index (χ1n) is 6.01. The highest BCUT2D eigenvalue weighted by atomic mass is 32.1. The van der Waals surface area contributed by atoms with Crippen molar-refractivity contribution in [3.05, 3.63) is 34.8 Å². The van der Waals surface area contributed by atoms with Gasteiger partial charge in [-0.25, -0.2) is 4.98 Å². The third-order valence-corrected chi connectivity index (χ3v) is 3.93. The van der Waals surface area contributed by atoms with Crippen LogP contribution in [0.2, 0.25) is 0 Å². The summed E-state index contributed by atoms with van der Waals surface area (Å²) >= 11 is 1.63. The quantitative estimate of drug-likeness (QED) is 0.902. The van der Waals surface area contributed by atoms with Crippen molar-refractivity contribution in [3.8, 4) is 16.3 Å². The standard InChI is InChI=1S/C14H17NO2S/c1-3-10-8-11(4-5-13(10)17-2)14-15-9-12(18-14)6-7-16/h4-5,8-9,16H,3,6-7H2,1-2H3. The largest absolute Gasteiger partial charge is 0.496 e. The molecule has 1 heterocycles. The Labute approximate surface area is 111 Å². The Balaban J connectivity index is 2.31. The van der Waals surface area contributed by atoms with Crippen molar-refractivity contribution in [2.75, 3.05) is 13.7 Å². The van der Waals surface area contributed by atoms with Gasteiger partial charge >= 0.3 is 0 Å². The number of aliphatic hydroxyl groups is 1. The SMILES string of the molecule is CCc1cc(-c2ncc(CCO)s2)ccc1OC. The number of aromatic nitrogens is 1. The number of hydrogen-bond acceptors (Lipinski definition) is 4. The zero-order chi connectivity index (χ0) is 13.0. The fraction of sp³-hybridized carbons (Fsp3) is 0.357. The number of thiazole rings is 1. The van der Waals surface area contributed by atoms with E-state index < -0.39 is 0 Å². The number of ether oxygens (including phenoxy) is 1. The molecule has 1 N–H and O–H groups in total. The predicted molar refractivity (Wildman–Crippen MR) is 74.3 cm³/mol. The Morgan fingerprint density at radius 2 is 2.22 bits per heavy atom. The minimum Gasteiger partial charge on any atom is -0.496 e. The number of aliphatic hydroxyl groups excluding tert-OH is 1. The maximum Gasteiger partial charge on any atom is 0.123 e. The van der Waals surface area contributed by atoms with Gasteiger partial charge in [0.25, 0.3) is 0 Å². The summed E-state index contributed by atoms with van der Waals surface area (Å²) in [5, 5.41) is 9.91. The van der Waals surface area contributed by atoms with Gasteiger partial charge in [0.1, 0.15) is 10.8 Å². The van der Waals surface area contributed by atoms with Crippen LogP contribution < -0.4 is 4.74 Å². The molecule has 18 heavy (non-hydrogen) atoms. The maximum absolute atomic E-state index is 8.91. The van der Waals surface area contributed by atoms with Gasteiger partial charge in [-0.05, 0) is 30.2 Å². The lowest BCUT2D eigenvalue weighted by Gasteiger charge is -2.07. The Morgan fingerprint density at radius 1 is 1.39 bits per heavy atom. The lowest BCUT2D eigenvalue weighted by atomic mass is 10.1. The number of methoxy groups -OCH3 is 1. The fourth-order valence-corrected chi connectivity index (χ4v) is 2.75. The molecule has 0 saturated carbocycles. The maximum atomic E-state index is 8.91. The van der Waals surface area contributed by atoms with Gasteiger partial charge in [-0.2, -0.15) is 0 Å². The van der Waals surface area contributed by atoms with E-state index >= 15 is 0 Å². The van der Waals surface area contributed by atoms with E-state index in [1.54, 1.807) is 18.4 Å². The second kappa shape index (κ2) is 5.98. The summed E-state index contributed by atoms with van der Waals surface area (Å²) < 4.78 is 5.32. The highest BCUT2D eigenvalue weighted by molar-refractivity contribution is 7.15. The molecular weight excluding hydrogens is 246 g/mol. The lowest BCUT2D eigenvalue weighted by Crippen LogP contribution is -1.90. The average Bonchev–Trinajstić information content (AvgIpc) is 2.87. The highest BCUT2D eigenvalue weighted by Crippen LogP contribution is 2.29. The van der Waals surface area contributed by atoms with Crippen molar-refractivity contribution in [1.29, 1.82) is 0 Å². The topological polar surface area (TPSA) is 42.4 Å². The second-order valence-electron chi connectivity index (χ2n) is 3.99. The van der Waals surface area contributed by atoms with E-state index in [2.05, 4.69) is 18.0 Å². The van der Waals surface area contributed by atoms with E-state index in [9.17, 15) is 0 Å². The van der Waals surface area contributed by atoms with Crippen LogP contribution in [0.5, 0.6) is 5.75 Å². The number of aryl methyl sites for hydroxylation is 1. The Kier molecular flexibility index (Phi) is 4.33. The van der Waals surface area contributed by atoms with Crippen LogP contribution in [0.1, 0.15) is 17.4 Å². The van der Waals surface area contributed by atoms with Crippen molar-refractivity contribution in [1.82, 2.24) is 4.98 Å². The molecule has 0 aliphatic heterocycles. The van der Waals surface area contributed by atoms with Crippen LogP contribution >= 0.6 is 11.3 Å². The smallest absolute Gasteiger partial charge is 0.123 e. The summed E-state index contributed by atoms with van der Waals surface area (Å²) in [4.78, 5) is 5.51. The molecule has 2 rings (SSSR count). The molecule has 0 unspecified atom stereocenters. The Bertz CT molecular complexity index is 522. The van der Waals surface area contributed by atoms with E-state index in [1.165, 1.54) is 5.56 Å². The summed E-state index contributed by atoms with van der Waals surface area (Å²) in [5.41, 5.74) is 2.30. The van der Waals surface area contributed by atoms with Crippen molar-refractivity contribution < 1.29 is 9.84 Å². The van der Waals surface area contributed by atoms with Crippen LogP contribution in [0.25, 0.3) is 10.6 Å². The van der Waals surface area contributed by atoms with Crippen molar-refractivity contribution in [2.24, 2.45) is 0 Å². The number of rotatable bonds is 5. The summed E-state index contributed by atoms with van der Waals surface area (Å²) in [6.45, 7) is 2.28. The molecule has 0 aliphatic carbocycles. The molecule has 0 radical (unpaired) electrons. The van der Waals surface area contributed by atoms with Gasteiger partial charge in [0.2, 0.25) is 0 Å². The normalized spacial score (nSPS) is 10.6. The molecule has 0 spiro atoms. The first kappa shape index (κ1) is 13.1. The number of hydrogen-bond donors (Lipinski definition) is 1. The van der Waals surface area contributed by atoms with Crippen LogP contribution in [0, 0.1) is 0 Å². The van der Waals surface area contributed by atoms with Crippen molar-refractivity contribution in [2.45, 2.75) is 19.8 Å². The van der Waals surface area contributed by atoms with Crippen LogP contribution in [-0.4, -0.2) is 23.8 Å². The van der Waals surface area contributed by atoms with Gasteiger partial charge in [0, 0.05) is 29.7 Å². The monoisotopic (exact) mass is 263 g/mol. The number of benzene rings is 1. The summed E-state index contributed by atoms with van der Waals surface area (Å²) in [5.74, 6) is 0.924. The van der Waals surface area contributed by atoms with Gasteiger partial charge in [-0.3, -0.25) is 0 Å². The van der Waals surface area contributed by atoms with Gasteiger partial charge < -0.3 is 9.84 Å². The van der Waals surface area contributed by atoms with E-state index in [0.717, 1.165) is 27.6 Å². The van der Waals surface area contributed by atoms with Gasteiger partial charge in [0.05, 0.1) is 7.11 Å². The molecule has 96 valence electrons. The molecule has 3 nitrogen and oxygen atoms in total. The fourth-order valence-electron chi connectivity index (χ4n) is 1.85. The van der Waals surface area contributed by atoms with Gasteiger partial charge in [-0.1, -0.05) is 6.92 Å². The molecule has 4 heteroatoms. The second-order valence-corrected chi connectivity index (χ2v) is 5.10. The van der Waals surface area contributed by atoms with E-state index in [0.29, 0.717) is 6.42 Å². The molecule has 0 saturated heterocycles. The minimum atomic E-state index is 0.171. The Morgan fingerprint density at radius 3 is 2.89 bits per heavy atom. The molecule has 0 bridgehead atoms. The molecular formula is C14H17NO2S.